The molecule has 1 aliphatic heterocycles. The van der Waals surface area contributed by atoms with Crippen LogP contribution in [0.3, 0.4) is 0 Å². The van der Waals surface area contributed by atoms with E-state index < -0.39 is 17.7 Å². The molecule has 162 valence electrons. The number of carbonyl (C=O) groups excluding carboxylic acids is 2. The second-order valence-corrected chi connectivity index (χ2v) is 8.90. The third kappa shape index (κ3) is 3.92. The van der Waals surface area contributed by atoms with Gasteiger partial charge in [0.05, 0.1) is 11.6 Å². The Morgan fingerprint density at radius 1 is 0.875 bits per heavy atom. The largest absolute Gasteiger partial charge is 0.507 e. The highest BCUT2D eigenvalue weighted by molar-refractivity contribution is 6.52. The molecule has 0 aliphatic carbocycles. The molecule has 1 fully saturated rings. The quantitative estimate of drug-likeness (QED) is 0.271. The number of carbonyl (C=O) groups is 2. The molecule has 1 N–H and O–H groups in total. The van der Waals surface area contributed by atoms with Crippen molar-refractivity contribution in [3.63, 3.8) is 0 Å². The van der Waals surface area contributed by atoms with Gasteiger partial charge in [0.2, 0.25) is 0 Å². The minimum Gasteiger partial charge on any atom is -0.507 e. The van der Waals surface area contributed by atoms with E-state index in [1.54, 1.807) is 18.2 Å². The first-order valence-electron chi connectivity index (χ1n) is 10.1. The van der Waals surface area contributed by atoms with Gasteiger partial charge in [0.25, 0.3) is 11.7 Å². The SMILES string of the molecule is Cc1cccc(C2/C(=C(\O)c3cc(C)ccc3C)C(=O)C(=O)N2c2cc(Cl)cc(Cl)c2)c1. The molecule has 0 aromatic heterocycles. The number of Topliss-reactive ketones (excluding diaryl/α,β-unsaturated/α-hetero) is 1. The number of halogens is 2. The van der Waals surface area contributed by atoms with Crippen molar-refractivity contribution in [2.24, 2.45) is 0 Å². The first-order valence-corrected chi connectivity index (χ1v) is 10.8. The van der Waals surface area contributed by atoms with Crippen LogP contribution in [0, 0.1) is 20.8 Å². The standard InChI is InChI=1S/C26H21Cl2NO3/c1-14-5-4-6-17(9-14)23-22(24(30)21-10-15(2)7-8-16(21)3)25(31)26(32)29(23)20-12-18(27)11-19(28)13-20/h4-13,23,30H,1-3H3/b24-22+. The van der Waals surface area contributed by atoms with Crippen molar-refractivity contribution in [1.29, 1.82) is 0 Å². The number of aliphatic hydroxyl groups excluding tert-OH is 1. The highest BCUT2D eigenvalue weighted by Gasteiger charge is 2.47. The molecular formula is C26H21Cl2NO3. The monoisotopic (exact) mass is 465 g/mol. The lowest BCUT2D eigenvalue weighted by atomic mass is 9.92. The van der Waals surface area contributed by atoms with Gasteiger partial charge in [0, 0.05) is 21.3 Å². The van der Waals surface area contributed by atoms with E-state index in [0.29, 0.717) is 26.9 Å². The third-order valence-corrected chi connectivity index (χ3v) is 6.01. The second kappa shape index (κ2) is 8.45. The maximum atomic E-state index is 13.3. The zero-order chi connectivity index (χ0) is 23.2. The van der Waals surface area contributed by atoms with E-state index in [4.69, 9.17) is 23.2 Å². The average Bonchev–Trinajstić information content (AvgIpc) is 2.99. The number of hydrogen-bond acceptors (Lipinski definition) is 3. The minimum atomic E-state index is -0.829. The van der Waals surface area contributed by atoms with Crippen LogP contribution in [-0.4, -0.2) is 16.8 Å². The van der Waals surface area contributed by atoms with Gasteiger partial charge in [-0.25, -0.2) is 0 Å². The summed E-state index contributed by atoms with van der Waals surface area (Å²) in [5, 5.41) is 12.0. The lowest BCUT2D eigenvalue weighted by molar-refractivity contribution is -0.132. The van der Waals surface area contributed by atoms with Gasteiger partial charge in [-0.3, -0.25) is 14.5 Å². The number of nitrogens with zero attached hydrogens (tertiary/aromatic N) is 1. The van der Waals surface area contributed by atoms with E-state index in [9.17, 15) is 14.7 Å². The maximum absolute atomic E-state index is 13.3. The molecule has 3 aromatic carbocycles. The first kappa shape index (κ1) is 22.1. The van der Waals surface area contributed by atoms with Crippen LogP contribution in [0.2, 0.25) is 10.0 Å². The Hall–Kier alpha value is -3.08. The molecule has 0 bridgehead atoms. The van der Waals surface area contributed by atoms with Crippen LogP contribution >= 0.6 is 23.2 Å². The van der Waals surface area contributed by atoms with E-state index in [-0.39, 0.29) is 11.3 Å². The molecule has 4 rings (SSSR count). The molecule has 1 saturated heterocycles. The Morgan fingerprint density at radius 2 is 1.53 bits per heavy atom. The molecular weight excluding hydrogens is 445 g/mol. The number of hydrogen-bond donors (Lipinski definition) is 1. The molecule has 4 nitrogen and oxygen atoms in total. The van der Waals surface area contributed by atoms with Crippen molar-refractivity contribution in [3.05, 3.63) is 104 Å². The fourth-order valence-electron chi connectivity index (χ4n) is 4.07. The molecule has 1 atom stereocenters. The summed E-state index contributed by atoms with van der Waals surface area (Å²) in [7, 11) is 0. The minimum absolute atomic E-state index is 0.0328. The van der Waals surface area contributed by atoms with Crippen LogP contribution in [0.25, 0.3) is 5.76 Å². The van der Waals surface area contributed by atoms with Gasteiger partial charge in [-0.15, -0.1) is 0 Å². The number of aliphatic hydroxyl groups is 1. The predicted molar refractivity (Wildman–Crippen MR) is 128 cm³/mol. The molecule has 6 heteroatoms. The van der Waals surface area contributed by atoms with Crippen LogP contribution in [0.1, 0.15) is 33.9 Å². The highest BCUT2D eigenvalue weighted by atomic mass is 35.5. The maximum Gasteiger partial charge on any atom is 0.300 e. The molecule has 1 unspecified atom stereocenters. The Labute approximate surface area is 196 Å². The van der Waals surface area contributed by atoms with Gasteiger partial charge in [-0.05, 0) is 56.2 Å². The molecule has 32 heavy (non-hydrogen) atoms. The summed E-state index contributed by atoms with van der Waals surface area (Å²) >= 11 is 12.4. The normalized spacial score (nSPS) is 17.8. The smallest absolute Gasteiger partial charge is 0.300 e. The van der Waals surface area contributed by atoms with E-state index in [1.807, 2.05) is 63.2 Å². The predicted octanol–water partition coefficient (Wildman–Crippen LogP) is 6.54. The molecule has 1 amide bonds. The Bertz CT molecular complexity index is 1280. The zero-order valence-corrected chi connectivity index (χ0v) is 19.3. The number of aryl methyl sites for hydroxylation is 3. The number of benzene rings is 3. The highest BCUT2D eigenvalue weighted by Crippen LogP contribution is 2.43. The number of ketones is 1. The number of rotatable bonds is 3. The summed E-state index contributed by atoms with van der Waals surface area (Å²) in [6, 6.07) is 17.0. The average molecular weight is 466 g/mol. The summed E-state index contributed by atoms with van der Waals surface area (Å²) in [6.07, 6.45) is 0. The lowest BCUT2D eigenvalue weighted by Crippen LogP contribution is -2.29. The third-order valence-electron chi connectivity index (χ3n) is 5.58. The van der Waals surface area contributed by atoms with Gasteiger partial charge in [0.1, 0.15) is 5.76 Å². The second-order valence-electron chi connectivity index (χ2n) is 8.03. The van der Waals surface area contributed by atoms with Crippen LogP contribution in [0.5, 0.6) is 0 Å². The fraction of sp³-hybridized carbons (Fsp3) is 0.154. The summed E-state index contributed by atoms with van der Waals surface area (Å²) in [6.45, 7) is 5.68. The van der Waals surface area contributed by atoms with Crippen molar-refractivity contribution in [1.82, 2.24) is 0 Å². The Balaban J connectivity index is 2.01. The zero-order valence-electron chi connectivity index (χ0n) is 17.8. The van der Waals surface area contributed by atoms with Crippen molar-refractivity contribution in [2.45, 2.75) is 26.8 Å². The van der Waals surface area contributed by atoms with E-state index in [0.717, 1.165) is 16.7 Å². The summed E-state index contributed by atoms with van der Waals surface area (Å²) in [5.41, 5.74) is 4.33. The Kier molecular flexibility index (Phi) is 5.85. The lowest BCUT2D eigenvalue weighted by Gasteiger charge is -2.26. The van der Waals surface area contributed by atoms with Gasteiger partial charge in [-0.1, -0.05) is 70.7 Å². The summed E-state index contributed by atoms with van der Waals surface area (Å²) in [4.78, 5) is 27.9. The molecule has 0 spiro atoms. The van der Waals surface area contributed by atoms with Crippen LogP contribution < -0.4 is 4.90 Å². The molecule has 1 heterocycles. The van der Waals surface area contributed by atoms with Gasteiger partial charge in [0.15, 0.2) is 0 Å². The van der Waals surface area contributed by atoms with E-state index >= 15 is 0 Å². The summed E-state index contributed by atoms with van der Waals surface area (Å²) < 4.78 is 0. The van der Waals surface area contributed by atoms with Crippen LogP contribution in [0.4, 0.5) is 5.69 Å². The summed E-state index contributed by atoms with van der Waals surface area (Å²) in [5.74, 6) is -1.71. The number of amides is 1. The van der Waals surface area contributed by atoms with Crippen molar-refractivity contribution < 1.29 is 14.7 Å². The molecule has 1 aliphatic rings. The van der Waals surface area contributed by atoms with Crippen molar-refractivity contribution >= 4 is 46.3 Å². The number of anilines is 1. The molecule has 0 radical (unpaired) electrons. The van der Waals surface area contributed by atoms with Gasteiger partial charge < -0.3 is 5.11 Å². The van der Waals surface area contributed by atoms with E-state index in [1.165, 1.54) is 4.90 Å². The Morgan fingerprint density at radius 3 is 2.19 bits per heavy atom. The van der Waals surface area contributed by atoms with Gasteiger partial charge >= 0.3 is 0 Å². The van der Waals surface area contributed by atoms with E-state index in [2.05, 4.69) is 0 Å². The van der Waals surface area contributed by atoms with Crippen LogP contribution in [0.15, 0.2) is 66.2 Å². The van der Waals surface area contributed by atoms with Crippen molar-refractivity contribution in [2.75, 3.05) is 4.90 Å². The fourth-order valence-corrected chi connectivity index (χ4v) is 4.58. The van der Waals surface area contributed by atoms with Gasteiger partial charge in [-0.2, -0.15) is 0 Å². The topological polar surface area (TPSA) is 57.6 Å². The van der Waals surface area contributed by atoms with Crippen LogP contribution in [-0.2, 0) is 9.59 Å². The molecule has 3 aromatic rings. The molecule has 0 saturated carbocycles. The first-order chi connectivity index (χ1) is 15.2. The van der Waals surface area contributed by atoms with Crippen molar-refractivity contribution in [3.8, 4) is 0 Å².